The molecule has 0 saturated carbocycles. The van der Waals surface area contributed by atoms with Crippen molar-refractivity contribution in [2.75, 3.05) is 9.80 Å². The molecular formula is C92H59BN8. The van der Waals surface area contributed by atoms with Crippen LogP contribution in [0.3, 0.4) is 0 Å². The number of anilines is 6. The van der Waals surface area contributed by atoms with Crippen molar-refractivity contribution in [1.29, 1.82) is 0 Å². The van der Waals surface area contributed by atoms with Crippen molar-refractivity contribution in [3.05, 3.63) is 358 Å². The molecule has 101 heavy (non-hydrogen) atoms. The molecule has 9 heteroatoms. The van der Waals surface area contributed by atoms with Crippen molar-refractivity contribution >= 4 is 101 Å². The van der Waals surface area contributed by atoms with E-state index in [2.05, 4.69) is 353 Å². The quantitative estimate of drug-likeness (QED) is 0.120. The Bertz CT molecular complexity index is 6230. The molecule has 0 fully saturated rings. The lowest BCUT2D eigenvalue weighted by Gasteiger charge is -2.44. The van der Waals surface area contributed by atoms with Crippen molar-refractivity contribution in [3.8, 4) is 90.3 Å². The lowest BCUT2D eigenvalue weighted by Crippen LogP contribution is -2.61. The van der Waals surface area contributed by atoms with E-state index in [4.69, 9.17) is 19.9 Å². The Morgan fingerprint density at radius 2 is 0.634 bits per heavy atom. The zero-order valence-corrected chi connectivity index (χ0v) is 54.7. The maximum atomic E-state index is 5.80. The van der Waals surface area contributed by atoms with Gasteiger partial charge in [0.15, 0.2) is 11.6 Å². The summed E-state index contributed by atoms with van der Waals surface area (Å²) in [5.41, 5.74) is 28.1. The number of hydrogen-bond donors (Lipinski definition) is 0. The lowest BCUT2D eigenvalue weighted by molar-refractivity contribution is 1.13. The number of aromatic nitrogens is 6. The smallest absolute Gasteiger partial charge is 0.252 e. The molecule has 14 aromatic carbocycles. The summed E-state index contributed by atoms with van der Waals surface area (Å²) in [4.78, 5) is 27.0. The number of hydrogen-bond acceptors (Lipinski definition) is 6. The molecule has 0 N–H and O–H groups in total. The summed E-state index contributed by atoms with van der Waals surface area (Å²) in [6, 6.07) is 128. The van der Waals surface area contributed by atoms with Gasteiger partial charge in [0.25, 0.3) is 6.71 Å². The number of para-hydroxylation sites is 6. The SMILES string of the molecule is c1ccc(-c2cc(-c3ccc(-n4c5ccccc5c5cc6c7ccccc7n(-c7ccccc7)c6cc54)c(-c4nc(-c5ccccc5)cc(-c5cccc(-c6cccc(N7c8ccccc8B8c9ccccc9N(c9ccccc9)c9cccc7c98)c6)c5)n4)c3)nc(-c3ccccc3)n2)cc1. The summed E-state index contributed by atoms with van der Waals surface area (Å²) in [5.74, 6) is 1.20. The standard InChI is InChI=1S/C92H59BN8/c1-6-27-60(28-7-1)77-57-80(95-91(94-77)62-31-10-3-11-32-62)66-51-52-83(101-82-46-21-17-42-71(82)73-56-72-70-41-16-20-45-81(70)98(88(72)59-89(73)101)67-36-12-4-13-37-67)74(55-66)92-96-78(61-29-8-2-9-30-61)58-79(97-92)65-35-24-33-63(53-65)64-34-25-40-69(54-64)100-85-48-23-19-44-76(85)93-75-43-18-22-47-84(75)99(68-38-14-5-15-39-68)86-49-26-50-87(100)90(86)93/h1-59H. The van der Waals surface area contributed by atoms with E-state index < -0.39 is 0 Å². The highest BCUT2D eigenvalue weighted by atomic mass is 15.2. The average molecular weight is 1290 g/mol. The molecule has 4 aromatic heterocycles. The fourth-order valence-electron chi connectivity index (χ4n) is 15.8. The third kappa shape index (κ3) is 9.61. The second kappa shape index (κ2) is 23.7. The van der Waals surface area contributed by atoms with E-state index in [0.717, 1.165) is 129 Å². The Balaban J connectivity index is 0.782. The van der Waals surface area contributed by atoms with Crippen LogP contribution in [-0.2, 0) is 0 Å². The van der Waals surface area contributed by atoms with Crippen molar-refractivity contribution in [2.24, 2.45) is 0 Å². The number of fused-ring (bicyclic) bond motifs is 10. The highest BCUT2D eigenvalue weighted by molar-refractivity contribution is 7.00. The summed E-state index contributed by atoms with van der Waals surface area (Å²) < 4.78 is 4.83. The van der Waals surface area contributed by atoms with Gasteiger partial charge >= 0.3 is 0 Å². The van der Waals surface area contributed by atoms with Gasteiger partial charge in [0.05, 0.1) is 50.5 Å². The van der Waals surface area contributed by atoms with Gasteiger partial charge in [-0.25, -0.2) is 19.9 Å². The Labute approximate surface area is 584 Å². The second-order valence-electron chi connectivity index (χ2n) is 26.1. The van der Waals surface area contributed by atoms with Crippen LogP contribution in [-0.4, -0.2) is 35.8 Å². The minimum Gasteiger partial charge on any atom is -0.311 e. The molecular weight excluding hydrogens is 1230 g/mol. The minimum absolute atomic E-state index is 0.0426. The number of rotatable bonds is 11. The maximum Gasteiger partial charge on any atom is 0.252 e. The maximum absolute atomic E-state index is 5.80. The first-order valence-electron chi connectivity index (χ1n) is 34.4. The molecule has 2 aliphatic heterocycles. The van der Waals surface area contributed by atoms with Crippen LogP contribution in [0.5, 0.6) is 0 Å². The molecule has 0 unspecified atom stereocenters. The molecule has 6 heterocycles. The Morgan fingerprint density at radius 3 is 1.25 bits per heavy atom. The average Bonchev–Trinajstić information content (AvgIpc) is 1.41. The monoisotopic (exact) mass is 1290 g/mol. The molecule has 470 valence electrons. The molecule has 0 radical (unpaired) electrons. The van der Waals surface area contributed by atoms with Gasteiger partial charge in [-0.3, -0.25) is 0 Å². The van der Waals surface area contributed by atoms with Crippen LogP contribution in [0.4, 0.5) is 34.1 Å². The van der Waals surface area contributed by atoms with Crippen molar-refractivity contribution < 1.29 is 0 Å². The van der Waals surface area contributed by atoms with Crippen LogP contribution in [0.1, 0.15) is 0 Å². The highest BCUT2D eigenvalue weighted by Crippen LogP contribution is 2.47. The summed E-state index contributed by atoms with van der Waals surface area (Å²) in [6.07, 6.45) is 0. The summed E-state index contributed by atoms with van der Waals surface area (Å²) in [5, 5.41) is 4.67. The van der Waals surface area contributed by atoms with E-state index in [1.807, 2.05) is 24.3 Å². The predicted octanol–water partition coefficient (Wildman–Crippen LogP) is 21.2. The van der Waals surface area contributed by atoms with Gasteiger partial charge in [-0.15, -0.1) is 0 Å². The Morgan fingerprint density at radius 1 is 0.218 bits per heavy atom. The predicted molar refractivity (Wildman–Crippen MR) is 418 cm³/mol. The van der Waals surface area contributed by atoms with Gasteiger partial charge in [-0.2, -0.15) is 0 Å². The Hall–Kier alpha value is -13.5. The van der Waals surface area contributed by atoms with Crippen LogP contribution in [0.25, 0.3) is 134 Å². The normalized spacial score (nSPS) is 12.3. The molecule has 0 saturated heterocycles. The molecule has 0 amide bonds. The van der Waals surface area contributed by atoms with Crippen LogP contribution in [0.2, 0.25) is 0 Å². The summed E-state index contributed by atoms with van der Waals surface area (Å²) in [7, 11) is 0. The van der Waals surface area contributed by atoms with Gasteiger partial charge in [-0.1, -0.05) is 243 Å². The Kier molecular flexibility index (Phi) is 13.5. The molecule has 8 nitrogen and oxygen atoms in total. The summed E-state index contributed by atoms with van der Waals surface area (Å²) >= 11 is 0. The first kappa shape index (κ1) is 57.7. The van der Waals surface area contributed by atoms with Crippen LogP contribution >= 0.6 is 0 Å². The molecule has 0 bridgehead atoms. The van der Waals surface area contributed by atoms with Gasteiger partial charge in [0, 0.05) is 94.7 Å². The molecule has 0 atom stereocenters. The molecule has 18 aromatic rings. The largest absolute Gasteiger partial charge is 0.311 e. The third-order valence-corrected chi connectivity index (χ3v) is 20.3. The lowest BCUT2D eigenvalue weighted by atomic mass is 9.33. The first-order chi connectivity index (χ1) is 50.1. The van der Waals surface area contributed by atoms with Crippen molar-refractivity contribution in [2.45, 2.75) is 0 Å². The minimum atomic E-state index is 0.0426. The molecule has 20 rings (SSSR count). The van der Waals surface area contributed by atoms with E-state index >= 15 is 0 Å². The van der Waals surface area contributed by atoms with Gasteiger partial charge < -0.3 is 18.9 Å². The topological polar surface area (TPSA) is 67.9 Å². The van der Waals surface area contributed by atoms with Crippen molar-refractivity contribution in [3.63, 3.8) is 0 Å². The van der Waals surface area contributed by atoms with Crippen LogP contribution < -0.4 is 26.2 Å². The van der Waals surface area contributed by atoms with E-state index in [1.165, 1.54) is 44.2 Å². The van der Waals surface area contributed by atoms with Gasteiger partial charge in [0.1, 0.15) is 0 Å². The molecule has 2 aliphatic rings. The fraction of sp³-hybridized carbons (Fsp3) is 0. The van der Waals surface area contributed by atoms with E-state index in [9.17, 15) is 0 Å². The summed E-state index contributed by atoms with van der Waals surface area (Å²) in [6.45, 7) is 0.0426. The van der Waals surface area contributed by atoms with Crippen molar-refractivity contribution in [1.82, 2.24) is 29.1 Å². The number of benzene rings is 14. The van der Waals surface area contributed by atoms with Gasteiger partial charge in [0.2, 0.25) is 0 Å². The van der Waals surface area contributed by atoms with Gasteiger partial charge in [-0.05, 0) is 143 Å². The van der Waals surface area contributed by atoms with E-state index in [-0.39, 0.29) is 6.71 Å². The molecule has 0 spiro atoms. The zero-order chi connectivity index (χ0) is 66.5. The van der Waals surface area contributed by atoms with Crippen LogP contribution in [0.15, 0.2) is 358 Å². The van der Waals surface area contributed by atoms with E-state index in [1.54, 1.807) is 0 Å². The molecule has 0 aliphatic carbocycles. The van der Waals surface area contributed by atoms with E-state index in [0.29, 0.717) is 11.6 Å². The fourth-order valence-corrected chi connectivity index (χ4v) is 15.8. The first-order valence-corrected chi connectivity index (χ1v) is 34.4. The second-order valence-corrected chi connectivity index (χ2v) is 26.1. The van der Waals surface area contributed by atoms with Crippen LogP contribution in [0, 0.1) is 0 Å². The third-order valence-electron chi connectivity index (χ3n) is 20.3. The zero-order valence-electron chi connectivity index (χ0n) is 54.7. The number of nitrogens with zero attached hydrogens (tertiary/aromatic N) is 8. The highest BCUT2D eigenvalue weighted by Gasteiger charge is 2.43.